The van der Waals surface area contributed by atoms with Gasteiger partial charge in [0.05, 0.1) is 6.04 Å². The predicted molar refractivity (Wildman–Crippen MR) is 55.0 cm³/mol. The van der Waals surface area contributed by atoms with E-state index >= 15 is 0 Å². The van der Waals surface area contributed by atoms with Crippen LogP contribution in [0, 0.1) is 5.92 Å². The van der Waals surface area contributed by atoms with Gasteiger partial charge in [-0.25, -0.2) is 0 Å². The Balaban J connectivity index is 2.75. The summed E-state index contributed by atoms with van der Waals surface area (Å²) < 4.78 is 5.36. The minimum atomic E-state index is 0.262. The van der Waals surface area contributed by atoms with E-state index in [2.05, 4.69) is 26.1 Å². The molecule has 0 saturated heterocycles. The van der Waals surface area contributed by atoms with Gasteiger partial charge in [-0.3, -0.25) is 0 Å². The number of nitrogens with one attached hydrogen (secondary N) is 1. The van der Waals surface area contributed by atoms with Gasteiger partial charge in [0.25, 0.3) is 0 Å². The lowest BCUT2D eigenvalue weighted by Gasteiger charge is -2.18. The molecule has 1 rings (SSSR count). The van der Waals surface area contributed by atoms with Gasteiger partial charge in [0.1, 0.15) is 5.76 Å². The van der Waals surface area contributed by atoms with E-state index in [0.717, 1.165) is 12.3 Å². The molecule has 0 saturated carbocycles. The highest BCUT2D eigenvalue weighted by atomic mass is 35.5. The molecule has 0 bridgehead atoms. The summed E-state index contributed by atoms with van der Waals surface area (Å²) in [6.07, 6.45) is 0. The van der Waals surface area contributed by atoms with Crippen molar-refractivity contribution in [2.45, 2.75) is 26.8 Å². The molecule has 1 aromatic heterocycles. The van der Waals surface area contributed by atoms with Crippen molar-refractivity contribution in [2.24, 2.45) is 5.92 Å². The fraction of sp³-hybridized carbons (Fsp3) is 0.600. The van der Waals surface area contributed by atoms with Crippen LogP contribution in [0.3, 0.4) is 0 Å². The lowest BCUT2D eigenvalue weighted by atomic mass is 10.0. The van der Waals surface area contributed by atoms with Crippen LogP contribution in [0.5, 0.6) is 0 Å². The van der Waals surface area contributed by atoms with Gasteiger partial charge in [-0.05, 0) is 36.2 Å². The Morgan fingerprint density at radius 3 is 2.54 bits per heavy atom. The first-order chi connectivity index (χ1) is 6.15. The molecular formula is C10H16ClNO. The predicted octanol–water partition coefficient (Wildman–Crippen LogP) is 3.24. The summed E-state index contributed by atoms with van der Waals surface area (Å²) in [5.41, 5.74) is 0. The van der Waals surface area contributed by atoms with Crippen molar-refractivity contribution in [3.8, 4) is 0 Å². The summed E-state index contributed by atoms with van der Waals surface area (Å²) in [4.78, 5) is 0. The molecule has 3 heteroatoms. The van der Waals surface area contributed by atoms with Crippen LogP contribution < -0.4 is 5.32 Å². The van der Waals surface area contributed by atoms with E-state index in [1.54, 1.807) is 6.07 Å². The van der Waals surface area contributed by atoms with Gasteiger partial charge in [-0.15, -0.1) is 0 Å². The third-order valence-electron chi connectivity index (χ3n) is 1.99. The van der Waals surface area contributed by atoms with E-state index in [0.29, 0.717) is 11.1 Å². The SMILES string of the molecule is CCNC(c1ccc(Cl)o1)C(C)C. The number of rotatable bonds is 4. The first-order valence-corrected chi connectivity index (χ1v) is 5.01. The van der Waals surface area contributed by atoms with E-state index in [4.69, 9.17) is 16.0 Å². The average Bonchev–Trinajstić information content (AvgIpc) is 2.46. The van der Waals surface area contributed by atoms with Crippen molar-refractivity contribution < 1.29 is 4.42 Å². The number of furan rings is 1. The normalized spacial score (nSPS) is 13.6. The van der Waals surface area contributed by atoms with Crippen LogP contribution in [-0.4, -0.2) is 6.54 Å². The lowest BCUT2D eigenvalue weighted by molar-refractivity contribution is 0.347. The van der Waals surface area contributed by atoms with Gasteiger partial charge in [0, 0.05) is 0 Å². The Hall–Kier alpha value is -0.470. The molecular weight excluding hydrogens is 186 g/mol. The van der Waals surface area contributed by atoms with Crippen molar-refractivity contribution in [3.63, 3.8) is 0 Å². The van der Waals surface area contributed by atoms with Crippen LogP contribution in [-0.2, 0) is 0 Å². The molecule has 0 aliphatic carbocycles. The lowest BCUT2D eigenvalue weighted by Crippen LogP contribution is -2.24. The number of hydrogen-bond acceptors (Lipinski definition) is 2. The van der Waals surface area contributed by atoms with E-state index in [1.807, 2.05) is 6.07 Å². The summed E-state index contributed by atoms with van der Waals surface area (Å²) in [5.74, 6) is 1.42. The van der Waals surface area contributed by atoms with Crippen molar-refractivity contribution in [2.75, 3.05) is 6.54 Å². The molecule has 1 N–H and O–H groups in total. The zero-order valence-electron chi connectivity index (χ0n) is 8.30. The summed E-state index contributed by atoms with van der Waals surface area (Å²) >= 11 is 5.71. The summed E-state index contributed by atoms with van der Waals surface area (Å²) in [7, 11) is 0. The molecule has 1 atom stereocenters. The van der Waals surface area contributed by atoms with Gasteiger partial charge >= 0.3 is 0 Å². The van der Waals surface area contributed by atoms with Gasteiger partial charge in [-0.1, -0.05) is 20.8 Å². The Morgan fingerprint density at radius 1 is 1.46 bits per heavy atom. The molecule has 0 fully saturated rings. The maximum absolute atomic E-state index is 5.71. The fourth-order valence-corrected chi connectivity index (χ4v) is 1.53. The zero-order chi connectivity index (χ0) is 9.84. The minimum Gasteiger partial charge on any atom is -0.448 e. The molecule has 1 aromatic rings. The second-order valence-corrected chi connectivity index (χ2v) is 3.79. The molecule has 13 heavy (non-hydrogen) atoms. The van der Waals surface area contributed by atoms with Crippen LogP contribution >= 0.6 is 11.6 Å². The van der Waals surface area contributed by atoms with Gasteiger partial charge in [-0.2, -0.15) is 0 Å². The molecule has 2 nitrogen and oxygen atoms in total. The number of halogens is 1. The van der Waals surface area contributed by atoms with Crippen LogP contribution in [0.25, 0.3) is 0 Å². The van der Waals surface area contributed by atoms with Crippen LogP contribution in [0.2, 0.25) is 5.22 Å². The van der Waals surface area contributed by atoms with Crippen LogP contribution in [0.4, 0.5) is 0 Å². The molecule has 0 amide bonds. The minimum absolute atomic E-state index is 0.262. The molecule has 1 heterocycles. The van der Waals surface area contributed by atoms with Crippen molar-refractivity contribution >= 4 is 11.6 Å². The third-order valence-corrected chi connectivity index (χ3v) is 2.19. The zero-order valence-corrected chi connectivity index (χ0v) is 9.06. The molecule has 0 aromatic carbocycles. The summed E-state index contributed by atoms with van der Waals surface area (Å²) in [6, 6.07) is 3.97. The van der Waals surface area contributed by atoms with Crippen molar-refractivity contribution in [1.82, 2.24) is 5.32 Å². The van der Waals surface area contributed by atoms with Crippen LogP contribution in [0.15, 0.2) is 16.5 Å². The Labute approximate surface area is 84.3 Å². The fourth-order valence-electron chi connectivity index (χ4n) is 1.38. The van der Waals surface area contributed by atoms with E-state index < -0.39 is 0 Å². The Kier molecular flexibility index (Phi) is 3.82. The largest absolute Gasteiger partial charge is 0.448 e. The third kappa shape index (κ3) is 2.75. The van der Waals surface area contributed by atoms with E-state index in [9.17, 15) is 0 Å². The van der Waals surface area contributed by atoms with Crippen LogP contribution in [0.1, 0.15) is 32.6 Å². The van der Waals surface area contributed by atoms with Crippen molar-refractivity contribution in [1.29, 1.82) is 0 Å². The highest BCUT2D eigenvalue weighted by molar-refractivity contribution is 6.28. The summed E-state index contributed by atoms with van der Waals surface area (Å²) in [5, 5.41) is 3.82. The number of hydrogen-bond donors (Lipinski definition) is 1. The maximum atomic E-state index is 5.71. The molecule has 74 valence electrons. The average molecular weight is 202 g/mol. The first kappa shape index (κ1) is 10.6. The van der Waals surface area contributed by atoms with Gasteiger partial charge in [0.15, 0.2) is 5.22 Å². The van der Waals surface area contributed by atoms with Gasteiger partial charge in [0.2, 0.25) is 0 Å². The second-order valence-electron chi connectivity index (χ2n) is 3.42. The molecule has 1 unspecified atom stereocenters. The Morgan fingerprint density at radius 2 is 2.15 bits per heavy atom. The first-order valence-electron chi connectivity index (χ1n) is 4.63. The quantitative estimate of drug-likeness (QED) is 0.809. The molecule has 0 aliphatic rings. The molecule has 0 spiro atoms. The highest BCUT2D eigenvalue weighted by Gasteiger charge is 2.17. The monoisotopic (exact) mass is 201 g/mol. The maximum Gasteiger partial charge on any atom is 0.193 e. The van der Waals surface area contributed by atoms with E-state index in [-0.39, 0.29) is 6.04 Å². The summed E-state index contributed by atoms with van der Waals surface area (Å²) in [6.45, 7) is 7.33. The second kappa shape index (κ2) is 4.68. The van der Waals surface area contributed by atoms with Crippen molar-refractivity contribution in [3.05, 3.63) is 23.1 Å². The smallest absolute Gasteiger partial charge is 0.193 e. The van der Waals surface area contributed by atoms with Gasteiger partial charge < -0.3 is 9.73 Å². The Bertz CT molecular complexity index is 257. The standard InChI is InChI=1S/C10H16ClNO/c1-4-12-10(7(2)3)8-5-6-9(11)13-8/h5-7,10,12H,4H2,1-3H3. The topological polar surface area (TPSA) is 25.2 Å². The van der Waals surface area contributed by atoms with E-state index in [1.165, 1.54) is 0 Å². The highest BCUT2D eigenvalue weighted by Crippen LogP contribution is 2.25. The molecule has 0 radical (unpaired) electrons. The molecule has 0 aliphatic heterocycles.